The number of hydrogen-bond acceptors (Lipinski definition) is 6. The number of aromatic nitrogens is 1. The highest BCUT2D eigenvalue weighted by molar-refractivity contribution is 7.17. The van der Waals surface area contributed by atoms with Gasteiger partial charge < -0.3 is 19.8 Å². The lowest BCUT2D eigenvalue weighted by Crippen LogP contribution is -2.48. The monoisotopic (exact) mass is 324 g/mol. The molecule has 0 spiro atoms. The molecule has 8 heteroatoms. The maximum atomic E-state index is 12.2. The standard InChI is InChI=1S/C14H16N2O5S/c1-3-20-13(18)11(14(19)21-4-2)16-12(17)9-7-10-8(15-9)5-6-22-10/h5-7,11,15H,3-4H2,1-2H3,(H,16,17). The van der Waals surface area contributed by atoms with Gasteiger partial charge in [-0.2, -0.15) is 0 Å². The number of hydrogen-bond donors (Lipinski definition) is 2. The molecule has 118 valence electrons. The highest BCUT2D eigenvalue weighted by Crippen LogP contribution is 2.21. The second-order valence-corrected chi connectivity index (χ2v) is 5.24. The van der Waals surface area contributed by atoms with Gasteiger partial charge in [0.1, 0.15) is 5.69 Å². The Morgan fingerprint density at radius 2 is 1.86 bits per heavy atom. The Bertz CT molecular complexity index is 644. The van der Waals surface area contributed by atoms with Crippen molar-refractivity contribution in [2.24, 2.45) is 0 Å². The van der Waals surface area contributed by atoms with Crippen molar-refractivity contribution >= 4 is 39.4 Å². The van der Waals surface area contributed by atoms with E-state index in [4.69, 9.17) is 9.47 Å². The minimum Gasteiger partial charge on any atom is -0.464 e. The van der Waals surface area contributed by atoms with E-state index in [9.17, 15) is 14.4 Å². The van der Waals surface area contributed by atoms with Crippen LogP contribution in [0, 0.1) is 0 Å². The van der Waals surface area contributed by atoms with Crippen LogP contribution in [-0.2, 0) is 19.1 Å². The van der Waals surface area contributed by atoms with Crippen LogP contribution in [0.15, 0.2) is 17.5 Å². The van der Waals surface area contributed by atoms with E-state index in [1.165, 1.54) is 11.3 Å². The second-order valence-electron chi connectivity index (χ2n) is 4.29. The van der Waals surface area contributed by atoms with Crippen molar-refractivity contribution in [3.05, 3.63) is 23.2 Å². The first-order valence-corrected chi connectivity index (χ1v) is 7.65. The molecule has 0 unspecified atom stereocenters. The van der Waals surface area contributed by atoms with Crippen molar-refractivity contribution in [1.82, 2.24) is 10.3 Å². The molecule has 0 radical (unpaired) electrons. The van der Waals surface area contributed by atoms with E-state index in [2.05, 4.69) is 10.3 Å². The van der Waals surface area contributed by atoms with E-state index in [0.717, 1.165) is 10.2 Å². The average molecular weight is 324 g/mol. The molecule has 0 aliphatic carbocycles. The van der Waals surface area contributed by atoms with Crippen LogP contribution in [0.2, 0.25) is 0 Å². The molecule has 0 aliphatic heterocycles. The van der Waals surface area contributed by atoms with Crippen molar-refractivity contribution in [1.29, 1.82) is 0 Å². The van der Waals surface area contributed by atoms with Gasteiger partial charge >= 0.3 is 11.9 Å². The minimum absolute atomic E-state index is 0.100. The smallest absolute Gasteiger partial charge is 0.340 e. The molecular formula is C14H16N2O5S. The van der Waals surface area contributed by atoms with Crippen LogP contribution in [0.4, 0.5) is 0 Å². The molecular weight excluding hydrogens is 308 g/mol. The molecule has 1 amide bonds. The van der Waals surface area contributed by atoms with E-state index in [0.29, 0.717) is 0 Å². The highest BCUT2D eigenvalue weighted by atomic mass is 32.1. The van der Waals surface area contributed by atoms with Gasteiger partial charge in [0.15, 0.2) is 0 Å². The Balaban J connectivity index is 2.14. The average Bonchev–Trinajstić information content (AvgIpc) is 3.05. The number of carbonyl (C=O) groups is 3. The number of esters is 2. The third-order valence-electron chi connectivity index (χ3n) is 2.80. The predicted molar refractivity (Wildman–Crippen MR) is 80.7 cm³/mol. The van der Waals surface area contributed by atoms with Gasteiger partial charge in [0.05, 0.1) is 23.4 Å². The Morgan fingerprint density at radius 1 is 1.23 bits per heavy atom. The molecule has 22 heavy (non-hydrogen) atoms. The zero-order valence-electron chi connectivity index (χ0n) is 12.2. The van der Waals surface area contributed by atoms with E-state index in [1.54, 1.807) is 19.9 Å². The molecule has 0 atom stereocenters. The molecule has 2 heterocycles. The number of aromatic amines is 1. The highest BCUT2D eigenvalue weighted by Gasteiger charge is 2.31. The molecule has 0 fully saturated rings. The first kappa shape index (κ1) is 16.0. The van der Waals surface area contributed by atoms with Gasteiger partial charge in [0.25, 0.3) is 5.91 Å². The zero-order valence-corrected chi connectivity index (χ0v) is 13.0. The summed E-state index contributed by atoms with van der Waals surface area (Å²) < 4.78 is 10.5. The third kappa shape index (κ3) is 3.45. The molecule has 2 aromatic rings. The van der Waals surface area contributed by atoms with Crippen LogP contribution in [0.25, 0.3) is 10.2 Å². The van der Waals surface area contributed by atoms with E-state index in [1.807, 2.05) is 11.4 Å². The number of nitrogens with one attached hydrogen (secondary N) is 2. The second kappa shape index (κ2) is 7.08. The Hall–Kier alpha value is -2.35. The number of ether oxygens (including phenoxy) is 2. The number of fused-ring (bicyclic) bond motifs is 1. The van der Waals surface area contributed by atoms with Gasteiger partial charge in [0.2, 0.25) is 6.04 Å². The first-order chi connectivity index (χ1) is 10.6. The first-order valence-electron chi connectivity index (χ1n) is 6.77. The van der Waals surface area contributed by atoms with Crippen LogP contribution in [0.5, 0.6) is 0 Å². The summed E-state index contributed by atoms with van der Waals surface area (Å²) in [6, 6.07) is 2.02. The molecule has 0 aromatic carbocycles. The van der Waals surface area contributed by atoms with Gasteiger partial charge in [-0.3, -0.25) is 4.79 Å². The molecule has 0 saturated heterocycles. The minimum atomic E-state index is -1.48. The lowest BCUT2D eigenvalue weighted by Gasteiger charge is -2.15. The quantitative estimate of drug-likeness (QED) is 0.619. The molecule has 0 saturated carbocycles. The van der Waals surface area contributed by atoms with E-state index < -0.39 is 23.9 Å². The van der Waals surface area contributed by atoms with Crippen LogP contribution in [0.1, 0.15) is 24.3 Å². The van der Waals surface area contributed by atoms with Gasteiger partial charge in [-0.25, -0.2) is 9.59 Å². The summed E-state index contributed by atoms with van der Waals surface area (Å²) in [5, 5.41) is 4.23. The van der Waals surface area contributed by atoms with Gasteiger partial charge in [-0.15, -0.1) is 11.3 Å². The van der Waals surface area contributed by atoms with Crippen LogP contribution < -0.4 is 5.32 Å². The van der Waals surface area contributed by atoms with Crippen LogP contribution in [0.3, 0.4) is 0 Å². The lowest BCUT2D eigenvalue weighted by molar-refractivity contribution is -0.157. The van der Waals surface area contributed by atoms with Gasteiger partial charge in [-0.1, -0.05) is 0 Å². The Morgan fingerprint density at radius 3 is 2.41 bits per heavy atom. The van der Waals surface area contributed by atoms with E-state index >= 15 is 0 Å². The summed E-state index contributed by atoms with van der Waals surface area (Å²) >= 11 is 1.48. The summed E-state index contributed by atoms with van der Waals surface area (Å²) in [5.74, 6) is -2.26. The van der Waals surface area contributed by atoms with Gasteiger partial charge in [-0.05, 0) is 31.4 Å². The fourth-order valence-corrected chi connectivity index (χ4v) is 2.63. The van der Waals surface area contributed by atoms with Crippen molar-refractivity contribution in [3.8, 4) is 0 Å². The van der Waals surface area contributed by atoms with Crippen LogP contribution in [-0.4, -0.2) is 42.1 Å². The fourth-order valence-electron chi connectivity index (χ4n) is 1.84. The summed E-state index contributed by atoms with van der Waals surface area (Å²) in [7, 11) is 0. The number of rotatable bonds is 6. The summed E-state index contributed by atoms with van der Waals surface area (Å²) in [4.78, 5) is 38.7. The fraction of sp³-hybridized carbons (Fsp3) is 0.357. The summed E-state index contributed by atoms with van der Waals surface area (Å²) in [6.07, 6.45) is 0. The van der Waals surface area contributed by atoms with Crippen molar-refractivity contribution in [2.75, 3.05) is 13.2 Å². The van der Waals surface area contributed by atoms with E-state index in [-0.39, 0.29) is 18.9 Å². The molecule has 2 aromatic heterocycles. The normalized spacial score (nSPS) is 10.7. The predicted octanol–water partition coefficient (Wildman–Crippen LogP) is 1.45. The number of amides is 1. The van der Waals surface area contributed by atoms with Crippen molar-refractivity contribution < 1.29 is 23.9 Å². The maximum absolute atomic E-state index is 12.2. The molecule has 7 nitrogen and oxygen atoms in total. The van der Waals surface area contributed by atoms with Crippen LogP contribution >= 0.6 is 11.3 Å². The Kier molecular flexibility index (Phi) is 5.16. The molecule has 0 aliphatic rings. The topological polar surface area (TPSA) is 97.5 Å². The number of H-pyrrole nitrogens is 1. The van der Waals surface area contributed by atoms with Crippen molar-refractivity contribution in [2.45, 2.75) is 19.9 Å². The molecule has 2 rings (SSSR count). The largest absolute Gasteiger partial charge is 0.464 e. The van der Waals surface area contributed by atoms with Gasteiger partial charge in [0, 0.05) is 0 Å². The molecule has 2 N–H and O–H groups in total. The SMILES string of the molecule is CCOC(=O)C(NC(=O)c1cc2sccc2[nH]1)C(=O)OCC. The number of carbonyl (C=O) groups excluding carboxylic acids is 3. The Labute approximate surface area is 130 Å². The molecule has 0 bridgehead atoms. The van der Waals surface area contributed by atoms with Crippen molar-refractivity contribution in [3.63, 3.8) is 0 Å². The number of thiophene rings is 1. The zero-order chi connectivity index (χ0) is 16.1. The maximum Gasteiger partial charge on any atom is 0.340 e. The summed E-state index contributed by atoms with van der Waals surface area (Å²) in [6.45, 7) is 3.42. The lowest BCUT2D eigenvalue weighted by atomic mass is 10.2. The summed E-state index contributed by atoms with van der Waals surface area (Å²) in [5.41, 5.74) is 1.08. The third-order valence-corrected chi connectivity index (χ3v) is 3.67.